The van der Waals surface area contributed by atoms with E-state index < -0.39 is 10.0 Å². The second-order valence-corrected chi connectivity index (χ2v) is 11.7. The molecular formula is C23H24N8O7S3. The number of hydrogen-bond acceptors (Lipinski definition) is 14. The number of carbonyl (C=O) groups excluding carboxylic acids is 1. The van der Waals surface area contributed by atoms with Gasteiger partial charge in [0.2, 0.25) is 17.7 Å². The van der Waals surface area contributed by atoms with Crippen LogP contribution in [0.3, 0.4) is 0 Å². The minimum Gasteiger partial charge on any atom is -0.481 e. The molecule has 3 N–H and O–H groups in total. The smallest absolute Gasteiger partial charge is 0.321 e. The van der Waals surface area contributed by atoms with Crippen LogP contribution in [0.1, 0.15) is 18.0 Å². The molecule has 0 radical (unpaired) electrons. The van der Waals surface area contributed by atoms with Gasteiger partial charge in [-0.1, -0.05) is 23.5 Å². The monoisotopic (exact) mass is 620 g/mol. The maximum absolute atomic E-state index is 12.8. The van der Waals surface area contributed by atoms with Crippen LogP contribution in [0.2, 0.25) is 0 Å². The Morgan fingerprint density at radius 2 is 1.83 bits per heavy atom. The molecule has 1 aromatic carbocycles. The number of rotatable bonds is 13. The molecule has 0 bridgehead atoms. The summed E-state index contributed by atoms with van der Waals surface area (Å²) in [5, 5.41) is 11.4. The summed E-state index contributed by atoms with van der Waals surface area (Å²) in [7, 11) is -1.26. The SMILES string of the molecule is COc1cc(NS(=O)(=O)c2ccc(NC(=O)CCSc3nnc(CSc4nc(C)cc(=O)[nH]4)o3)cc2)nc(OC)n1. The van der Waals surface area contributed by atoms with Gasteiger partial charge in [0.25, 0.3) is 20.8 Å². The Balaban J connectivity index is 1.24. The minimum atomic E-state index is -3.99. The zero-order valence-corrected chi connectivity index (χ0v) is 24.4. The van der Waals surface area contributed by atoms with E-state index in [2.05, 4.69) is 40.2 Å². The van der Waals surface area contributed by atoms with Crippen LogP contribution in [-0.2, 0) is 20.6 Å². The van der Waals surface area contributed by atoms with Crippen LogP contribution in [0.4, 0.5) is 11.5 Å². The van der Waals surface area contributed by atoms with Crippen molar-refractivity contribution >= 4 is 51.0 Å². The summed E-state index contributed by atoms with van der Waals surface area (Å²) in [5.41, 5.74) is 0.791. The molecule has 1 amide bonds. The summed E-state index contributed by atoms with van der Waals surface area (Å²) in [6.07, 6.45) is 0.143. The van der Waals surface area contributed by atoms with Crippen molar-refractivity contribution in [3.63, 3.8) is 0 Å². The van der Waals surface area contributed by atoms with Crippen LogP contribution < -0.4 is 25.1 Å². The maximum Gasteiger partial charge on any atom is 0.321 e. The highest BCUT2D eigenvalue weighted by atomic mass is 32.2. The highest BCUT2D eigenvalue weighted by Gasteiger charge is 2.17. The van der Waals surface area contributed by atoms with E-state index in [4.69, 9.17) is 13.9 Å². The molecule has 216 valence electrons. The number of H-pyrrole nitrogens is 1. The van der Waals surface area contributed by atoms with Crippen LogP contribution in [0.25, 0.3) is 0 Å². The lowest BCUT2D eigenvalue weighted by atomic mass is 10.3. The first-order valence-corrected chi connectivity index (χ1v) is 15.1. The second-order valence-electron chi connectivity index (χ2n) is 8.00. The standard InChI is InChI=1S/C23H24N8O7S3/c1-13-10-18(33)27-22(24-13)40-12-20-29-30-23(38-20)39-9-8-17(32)25-14-4-6-15(7-5-14)41(34,35)31-16-11-19(36-2)28-21(26-16)37-3/h4-7,10-11H,8-9,12H2,1-3H3,(H,25,32)(H,24,27,33)(H,26,28,31). The van der Waals surface area contributed by atoms with Crippen molar-refractivity contribution in [2.24, 2.45) is 0 Å². The molecule has 0 aliphatic rings. The fourth-order valence-corrected chi connectivity index (χ4v) is 5.59. The van der Waals surface area contributed by atoms with Gasteiger partial charge >= 0.3 is 6.01 Å². The average molecular weight is 621 g/mol. The second kappa shape index (κ2) is 13.5. The van der Waals surface area contributed by atoms with Crippen molar-refractivity contribution in [1.29, 1.82) is 0 Å². The average Bonchev–Trinajstić information content (AvgIpc) is 3.39. The van der Waals surface area contributed by atoms with Gasteiger partial charge in [0, 0.05) is 35.7 Å². The van der Waals surface area contributed by atoms with Crippen molar-refractivity contribution in [3.8, 4) is 11.9 Å². The molecular weight excluding hydrogens is 597 g/mol. The molecule has 0 saturated heterocycles. The number of methoxy groups -OCH3 is 2. The number of benzene rings is 1. The van der Waals surface area contributed by atoms with E-state index >= 15 is 0 Å². The molecule has 0 saturated carbocycles. The van der Waals surface area contributed by atoms with Crippen molar-refractivity contribution in [3.05, 3.63) is 58.3 Å². The van der Waals surface area contributed by atoms with Crippen LogP contribution in [0.5, 0.6) is 11.9 Å². The molecule has 4 aromatic rings. The van der Waals surface area contributed by atoms with Gasteiger partial charge in [-0.05, 0) is 31.2 Å². The summed E-state index contributed by atoms with van der Waals surface area (Å²) >= 11 is 2.48. The van der Waals surface area contributed by atoms with Crippen LogP contribution in [-0.4, -0.2) is 64.4 Å². The fourth-order valence-electron chi connectivity index (χ4n) is 3.13. The van der Waals surface area contributed by atoms with Gasteiger partial charge in [-0.2, -0.15) is 9.97 Å². The van der Waals surface area contributed by atoms with E-state index in [0.29, 0.717) is 39.2 Å². The molecule has 0 fully saturated rings. The third kappa shape index (κ3) is 8.66. The number of thioether (sulfide) groups is 2. The van der Waals surface area contributed by atoms with E-state index in [1.165, 1.54) is 74.1 Å². The number of anilines is 2. The van der Waals surface area contributed by atoms with Crippen molar-refractivity contribution in [2.75, 3.05) is 30.0 Å². The summed E-state index contributed by atoms with van der Waals surface area (Å²) in [6, 6.07) is 8.29. The van der Waals surface area contributed by atoms with Crippen molar-refractivity contribution in [1.82, 2.24) is 30.1 Å². The van der Waals surface area contributed by atoms with Gasteiger partial charge < -0.3 is 24.2 Å². The Morgan fingerprint density at radius 3 is 2.54 bits per heavy atom. The van der Waals surface area contributed by atoms with Crippen molar-refractivity contribution < 1.29 is 27.1 Å². The number of aromatic amines is 1. The molecule has 18 heteroatoms. The molecule has 3 heterocycles. The number of ether oxygens (including phenoxy) is 2. The number of hydrogen-bond donors (Lipinski definition) is 3. The largest absolute Gasteiger partial charge is 0.481 e. The predicted molar refractivity (Wildman–Crippen MR) is 150 cm³/mol. The van der Waals surface area contributed by atoms with E-state index in [1.807, 2.05) is 0 Å². The molecule has 0 aliphatic heterocycles. The molecule has 41 heavy (non-hydrogen) atoms. The number of sulfonamides is 1. The van der Waals surface area contributed by atoms with Gasteiger partial charge in [-0.15, -0.1) is 10.2 Å². The topological polar surface area (TPSA) is 204 Å². The van der Waals surface area contributed by atoms with E-state index in [0.717, 1.165) is 0 Å². The van der Waals surface area contributed by atoms with E-state index in [1.54, 1.807) is 6.92 Å². The first-order valence-electron chi connectivity index (χ1n) is 11.7. The Hall–Kier alpha value is -4.16. The van der Waals surface area contributed by atoms with Gasteiger partial charge in [-0.3, -0.25) is 14.3 Å². The zero-order chi connectivity index (χ0) is 29.4. The highest BCUT2D eigenvalue weighted by Crippen LogP contribution is 2.23. The number of aryl methyl sites for hydroxylation is 1. The first-order chi connectivity index (χ1) is 19.6. The van der Waals surface area contributed by atoms with Gasteiger partial charge in [0.05, 0.1) is 24.9 Å². The Morgan fingerprint density at radius 1 is 1.05 bits per heavy atom. The summed E-state index contributed by atoms with van der Waals surface area (Å²) < 4.78 is 43.4. The number of nitrogens with zero attached hydrogens (tertiary/aromatic N) is 5. The number of aromatic nitrogens is 6. The zero-order valence-electron chi connectivity index (χ0n) is 21.9. The molecule has 3 aromatic heterocycles. The third-order valence-corrected chi connectivity index (χ3v) is 7.99. The van der Waals surface area contributed by atoms with Gasteiger partial charge in [0.1, 0.15) is 0 Å². The Kier molecular flexibility index (Phi) is 9.79. The summed E-state index contributed by atoms with van der Waals surface area (Å²) in [5.74, 6) is 0.859. The quantitative estimate of drug-likeness (QED) is 0.145. The highest BCUT2D eigenvalue weighted by molar-refractivity contribution is 7.99. The Bertz CT molecular complexity index is 1660. The Labute approximate surface area is 242 Å². The summed E-state index contributed by atoms with van der Waals surface area (Å²) in [4.78, 5) is 38.6. The van der Waals surface area contributed by atoms with E-state index in [-0.39, 0.29) is 40.5 Å². The lowest BCUT2D eigenvalue weighted by Crippen LogP contribution is -2.15. The van der Waals surface area contributed by atoms with Gasteiger partial charge in [0.15, 0.2) is 11.0 Å². The first kappa shape index (κ1) is 29.8. The maximum atomic E-state index is 12.8. The minimum absolute atomic E-state index is 0.0321. The normalized spacial score (nSPS) is 11.2. The number of carbonyl (C=O) groups is 1. The van der Waals surface area contributed by atoms with Crippen molar-refractivity contribution in [2.45, 2.75) is 34.4 Å². The van der Waals surface area contributed by atoms with E-state index in [9.17, 15) is 18.0 Å². The van der Waals surface area contributed by atoms with Gasteiger partial charge in [-0.25, -0.2) is 13.4 Å². The third-order valence-electron chi connectivity index (χ3n) is 4.94. The molecule has 4 rings (SSSR count). The molecule has 15 nitrogen and oxygen atoms in total. The number of nitrogens with one attached hydrogen (secondary N) is 3. The van der Waals surface area contributed by atoms with Crippen LogP contribution >= 0.6 is 23.5 Å². The molecule has 0 atom stereocenters. The summed E-state index contributed by atoms with van der Waals surface area (Å²) in [6.45, 7) is 1.73. The number of amides is 1. The lowest BCUT2D eigenvalue weighted by molar-refractivity contribution is -0.115. The predicted octanol–water partition coefficient (Wildman–Crippen LogP) is 2.48. The molecule has 0 unspecified atom stereocenters. The lowest BCUT2D eigenvalue weighted by Gasteiger charge is -2.10. The fraction of sp³-hybridized carbons (Fsp3) is 0.261. The van der Waals surface area contributed by atoms with Crippen LogP contribution in [0.15, 0.2) is 60.9 Å². The van der Waals surface area contributed by atoms with Crippen LogP contribution in [0, 0.1) is 6.92 Å². The molecule has 0 aliphatic carbocycles. The molecule has 0 spiro atoms.